The number of carbonyl (C=O) groups excluding carboxylic acids is 2. The molecular weight excluding hydrogens is 400 g/mol. The number of ether oxygens (including phenoxy) is 1. The standard InChI is InChI=1S/C27H30N2O3/c1-32-24-17-8-5-12-19(24)26-25-21(14-9-16-23(25)30)28-20-13-6-7-15-22(20)29(26)27(31)18-10-3-2-4-11-18/h5-8,12-13,15,17-18,26,28H,2-4,9-11,14,16H2,1H3/t26-/m0/s1. The van der Waals surface area contributed by atoms with Crippen molar-refractivity contribution in [3.8, 4) is 5.75 Å². The van der Waals surface area contributed by atoms with Crippen molar-refractivity contribution >= 4 is 23.1 Å². The van der Waals surface area contributed by atoms with Gasteiger partial charge in [0.05, 0.1) is 24.5 Å². The van der Waals surface area contributed by atoms with E-state index in [1.165, 1.54) is 6.42 Å². The average Bonchev–Trinajstić information content (AvgIpc) is 2.99. The van der Waals surface area contributed by atoms with Crippen LogP contribution >= 0.6 is 0 Å². The summed E-state index contributed by atoms with van der Waals surface area (Å²) < 4.78 is 5.72. The van der Waals surface area contributed by atoms with E-state index in [-0.39, 0.29) is 17.6 Å². The quantitative estimate of drug-likeness (QED) is 0.670. The predicted molar refractivity (Wildman–Crippen MR) is 126 cm³/mol. The Morgan fingerprint density at radius 3 is 2.53 bits per heavy atom. The van der Waals surface area contributed by atoms with Crippen LogP contribution in [0.1, 0.15) is 63.0 Å². The minimum Gasteiger partial charge on any atom is -0.496 e. The van der Waals surface area contributed by atoms with Gasteiger partial charge in [-0.3, -0.25) is 14.5 Å². The van der Waals surface area contributed by atoms with E-state index in [4.69, 9.17) is 4.74 Å². The van der Waals surface area contributed by atoms with Gasteiger partial charge in [0.1, 0.15) is 5.75 Å². The normalized spacial score (nSPS) is 21.3. The Morgan fingerprint density at radius 1 is 0.969 bits per heavy atom. The number of rotatable bonds is 3. The van der Waals surface area contributed by atoms with Crippen molar-refractivity contribution in [1.82, 2.24) is 0 Å². The smallest absolute Gasteiger partial charge is 0.231 e. The number of hydrogen-bond acceptors (Lipinski definition) is 4. The lowest BCUT2D eigenvalue weighted by Gasteiger charge is -2.37. The Labute approximate surface area is 189 Å². The number of fused-ring (bicyclic) bond motifs is 1. The SMILES string of the molecule is COc1ccccc1[C@H]1C2=C(CCCC2=O)Nc2ccccc2N1C(=O)C1CCCCC1. The molecule has 0 unspecified atom stereocenters. The highest BCUT2D eigenvalue weighted by Gasteiger charge is 2.42. The second kappa shape index (κ2) is 8.81. The number of benzene rings is 2. The highest BCUT2D eigenvalue weighted by Crippen LogP contribution is 2.47. The molecule has 0 spiro atoms. The number of nitrogens with zero attached hydrogens (tertiary/aromatic N) is 1. The van der Waals surface area contributed by atoms with E-state index in [1.807, 2.05) is 53.4 Å². The van der Waals surface area contributed by atoms with Gasteiger partial charge in [0.15, 0.2) is 5.78 Å². The Kier molecular flexibility index (Phi) is 5.73. The fourth-order valence-corrected chi connectivity index (χ4v) is 5.51. The van der Waals surface area contributed by atoms with Crippen LogP contribution in [0.5, 0.6) is 5.75 Å². The number of ketones is 1. The van der Waals surface area contributed by atoms with Gasteiger partial charge in [-0.15, -0.1) is 0 Å². The lowest BCUT2D eigenvalue weighted by Crippen LogP contribution is -2.42. The van der Waals surface area contributed by atoms with Gasteiger partial charge in [0.2, 0.25) is 5.91 Å². The first kappa shape index (κ1) is 20.8. The number of nitrogens with one attached hydrogen (secondary N) is 1. The van der Waals surface area contributed by atoms with Crippen LogP contribution in [-0.2, 0) is 9.59 Å². The van der Waals surface area contributed by atoms with E-state index >= 15 is 0 Å². The fraction of sp³-hybridized carbons (Fsp3) is 0.407. The molecule has 0 saturated heterocycles. The topological polar surface area (TPSA) is 58.6 Å². The monoisotopic (exact) mass is 430 g/mol. The minimum atomic E-state index is -0.500. The van der Waals surface area contributed by atoms with Gasteiger partial charge in [-0.2, -0.15) is 0 Å². The van der Waals surface area contributed by atoms with Crippen LogP contribution in [0.15, 0.2) is 59.8 Å². The van der Waals surface area contributed by atoms with Gasteiger partial charge >= 0.3 is 0 Å². The molecule has 1 N–H and O–H groups in total. The van der Waals surface area contributed by atoms with E-state index in [0.717, 1.165) is 61.2 Å². The lowest BCUT2D eigenvalue weighted by atomic mass is 9.83. The molecule has 5 nitrogen and oxygen atoms in total. The molecule has 0 radical (unpaired) electrons. The maximum absolute atomic E-state index is 14.2. The van der Waals surface area contributed by atoms with Gasteiger partial charge in [-0.05, 0) is 43.9 Å². The molecular formula is C27H30N2O3. The number of methoxy groups -OCH3 is 1. The molecule has 3 aliphatic rings. The first-order valence-electron chi connectivity index (χ1n) is 11.8. The van der Waals surface area contributed by atoms with E-state index in [2.05, 4.69) is 5.32 Å². The molecule has 5 heteroatoms. The van der Waals surface area contributed by atoms with Crippen LogP contribution in [0.4, 0.5) is 11.4 Å². The van der Waals surface area contributed by atoms with Gasteiger partial charge in [0, 0.05) is 29.2 Å². The molecule has 2 aromatic rings. The van der Waals surface area contributed by atoms with Crippen molar-refractivity contribution in [2.24, 2.45) is 5.92 Å². The third-order valence-electron chi connectivity index (χ3n) is 7.06. The number of Topliss-reactive ketones (excluding diaryl/α,β-unsaturated/α-hetero) is 1. The summed E-state index contributed by atoms with van der Waals surface area (Å²) in [5.74, 6) is 0.907. The average molecular weight is 431 g/mol. The molecule has 1 fully saturated rings. The Hall–Kier alpha value is -3.08. The molecule has 5 rings (SSSR count). The summed E-state index contributed by atoms with van der Waals surface area (Å²) in [7, 11) is 1.65. The van der Waals surface area contributed by atoms with Crippen LogP contribution in [0.25, 0.3) is 0 Å². The summed E-state index contributed by atoms with van der Waals surface area (Å²) in [5, 5.41) is 3.54. The van der Waals surface area contributed by atoms with Gasteiger partial charge in [0.25, 0.3) is 0 Å². The number of hydrogen-bond donors (Lipinski definition) is 1. The summed E-state index contributed by atoms with van der Waals surface area (Å²) in [6, 6.07) is 15.2. The number of anilines is 2. The molecule has 1 amide bonds. The van der Waals surface area contributed by atoms with E-state index < -0.39 is 6.04 Å². The first-order valence-corrected chi connectivity index (χ1v) is 11.8. The van der Waals surface area contributed by atoms with Crippen LogP contribution in [0.2, 0.25) is 0 Å². The summed E-state index contributed by atoms with van der Waals surface area (Å²) in [6.45, 7) is 0. The Morgan fingerprint density at radius 2 is 1.72 bits per heavy atom. The zero-order chi connectivity index (χ0) is 22.1. The van der Waals surface area contributed by atoms with Crippen molar-refractivity contribution in [2.75, 3.05) is 17.3 Å². The molecule has 32 heavy (non-hydrogen) atoms. The van der Waals surface area contributed by atoms with Crippen LogP contribution < -0.4 is 15.0 Å². The van der Waals surface area contributed by atoms with Crippen molar-refractivity contribution in [1.29, 1.82) is 0 Å². The number of carbonyl (C=O) groups is 2. The molecule has 1 saturated carbocycles. The van der Waals surface area contributed by atoms with Crippen LogP contribution in [-0.4, -0.2) is 18.8 Å². The second-order valence-corrected chi connectivity index (χ2v) is 9.00. The molecule has 1 heterocycles. The molecule has 2 aliphatic carbocycles. The Bertz CT molecular complexity index is 1070. The maximum atomic E-state index is 14.2. The summed E-state index contributed by atoms with van der Waals surface area (Å²) >= 11 is 0. The second-order valence-electron chi connectivity index (χ2n) is 9.00. The van der Waals surface area contributed by atoms with Crippen molar-refractivity contribution in [2.45, 2.75) is 57.4 Å². The number of amides is 1. The van der Waals surface area contributed by atoms with Gasteiger partial charge < -0.3 is 10.1 Å². The highest BCUT2D eigenvalue weighted by atomic mass is 16.5. The van der Waals surface area contributed by atoms with Crippen LogP contribution in [0, 0.1) is 5.92 Å². The third kappa shape index (κ3) is 3.60. The van der Waals surface area contributed by atoms with Gasteiger partial charge in [-0.25, -0.2) is 0 Å². The zero-order valence-electron chi connectivity index (χ0n) is 18.6. The minimum absolute atomic E-state index is 0.0187. The predicted octanol–water partition coefficient (Wildman–Crippen LogP) is 5.78. The maximum Gasteiger partial charge on any atom is 0.231 e. The first-order chi connectivity index (χ1) is 15.7. The summed E-state index contributed by atoms with van der Waals surface area (Å²) in [4.78, 5) is 29.4. The fourth-order valence-electron chi connectivity index (χ4n) is 5.51. The molecule has 2 aromatic carbocycles. The van der Waals surface area contributed by atoms with E-state index in [9.17, 15) is 9.59 Å². The number of allylic oxidation sites excluding steroid dienone is 1. The summed E-state index contributed by atoms with van der Waals surface area (Å²) in [5.41, 5.74) is 4.22. The molecule has 166 valence electrons. The van der Waals surface area contributed by atoms with Gasteiger partial charge in [-0.1, -0.05) is 49.6 Å². The third-order valence-corrected chi connectivity index (χ3v) is 7.06. The van der Waals surface area contributed by atoms with E-state index in [1.54, 1.807) is 7.11 Å². The lowest BCUT2D eigenvalue weighted by molar-refractivity contribution is -0.123. The largest absolute Gasteiger partial charge is 0.496 e. The molecule has 0 aromatic heterocycles. The zero-order valence-corrected chi connectivity index (χ0v) is 18.6. The van der Waals surface area contributed by atoms with Crippen molar-refractivity contribution in [3.63, 3.8) is 0 Å². The summed E-state index contributed by atoms with van der Waals surface area (Å²) in [6.07, 6.45) is 7.29. The van der Waals surface area contributed by atoms with E-state index in [0.29, 0.717) is 17.7 Å². The molecule has 1 aliphatic heterocycles. The highest BCUT2D eigenvalue weighted by molar-refractivity contribution is 6.06. The van der Waals surface area contributed by atoms with Crippen molar-refractivity contribution < 1.29 is 14.3 Å². The molecule has 0 bridgehead atoms. The Balaban J connectivity index is 1.75. The number of para-hydroxylation sites is 3. The molecule has 1 atom stereocenters. The van der Waals surface area contributed by atoms with Crippen LogP contribution in [0.3, 0.4) is 0 Å². The van der Waals surface area contributed by atoms with Crippen molar-refractivity contribution in [3.05, 3.63) is 65.4 Å².